The van der Waals surface area contributed by atoms with E-state index in [0.717, 1.165) is 80.0 Å². The van der Waals surface area contributed by atoms with Crippen molar-refractivity contribution in [2.45, 2.75) is 138 Å². The van der Waals surface area contributed by atoms with E-state index in [1.54, 1.807) is 6.92 Å². The lowest BCUT2D eigenvalue weighted by molar-refractivity contribution is -0.249. The largest absolute Gasteiger partial charge is 0.462 e. The second-order valence-corrected chi connectivity index (χ2v) is 20.1. The van der Waals surface area contributed by atoms with Crippen LogP contribution in [0.25, 0.3) is 11.3 Å². The number of H-pyrrole nitrogens is 1. The highest BCUT2D eigenvalue weighted by atomic mass is 35.5. The molecule has 11 atom stereocenters. The number of rotatable bonds is 5. The molecule has 1 aliphatic heterocycles. The Morgan fingerprint density at radius 1 is 0.885 bits per heavy atom. The van der Waals surface area contributed by atoms with Gasteiger partial charge in [0.1, 0.15) is 11.9 Å². The van der Waals surface area contributed by atoms with Crippen LogP contribution < -0.4 is 0 Å². The number of halogens is 1. The molecular formula is C45H62ClN3O3. The first-order chi connectivity index (χ1) is 24.6. The Morgan fingerprint density at radius 2 is 1.63 bits per heavy atom. The van der Waals surface area contributed by atoms with E-state index in [4.69, 9.17) is 21.3 Å². The minimum absolute atomic E-state index is 0.00454. The SMILES string of the molecule is C=C(C)[C@@H]1CC[C@]2(C(=O)N3CCCC3c3ncc(-c4ccc(Cl)cc4)[nH]3)CC[C@]3(C)[C@H](CCC4[C@@]5(C)CC[C@H](OC(C)=O)C(C)(C)C5CC[C@]43C)C12. The molecule has 1 N–H and O–H groups in total. The maximum Gasteiger partial charge on any atom is 0.302 e. The number of aromatic amines is 1. The maximum atomic E-state index is 15.4. The van der Waals surface area contributed by atoms with Crippen LogP contribution in [0.1, 0.15) is 137 Å². The second kappa shape index (κ2) is 12.5. The number of likely N-dealkylation sites (tertiary alicyclic amines) is 1. The average molecular weight is 728 g/mol. The first-order valence-corrected chi connectivity index (χ1v) is 20.9. The molecule has 282 valence electrons. The molecule has 8 rings (SSSR count). The highest BCUT2D eigenvalue weighted by Gasteiger charge is 2.72. The van der Waals surface area contributed by atoms with Crippen LogP contribution in [0.4, 0.5) is 0 Å². The van der Waals surface area contributed by atoms with Gasteiger partial charge >= 0.3 is 5.97 Å². The van der Waals surface area contributed by atoms with E-state index in [2.05, 4.69) is 58.0 Å². The van der Waals surface area contributed by atoms with Gasteiger partial charge in [-0.05, 0) is 148 Å². The minimum Gasteiger partial charge on any atom is -0.462 e. The molecule has 1 amide bonds. The maximum absolute atomic E-state index is 15.4. The second-order valence-electron chi connectivity index (χ2n) is 19.6. The zero-order chi connectivity index (χ0) is 37.0. The van der Waals surface area contributed by atoms with E-state index in [9.17, 15) is 4.79 Å². The molecule has 2 aromatic rings. The molecule has 0 spiro atoms. The third kappa shape index (κ3) is 5.10. The van der Waals surface area contributed by atoms with Gasteiger partial charge < -0.3 is 14.6 Å². The Morgan fingerprint density at radius 3 is 2.35 bits per heavy atom. The number of esters is 1. The van der Waals surface area contributed by atoms with Gasteiger partial charge in [0.25, 0.3) is 0 Å². The topological polar surface area (TPSA) is 75.3 Å². The van der Waals surface area contributed by atoms with Gasteiger partial charge in [-0.2, -0.15) is 0 Å². The van der Waals surface area contributed by atoms with Crippen molar-refractivity contribution in [1.82, 2.24) is 14.9 Å². The van der Waals surface area contributed by atoms with Crippen LogP contribution in [0.2, 0.25) is 5.02 Å². The van der Waals surface area contributed by atoms with Crippen LogP contribution >= 0.6 is 11.6 Å². The molecule has 0 radical (unpaired) electrons. The van der Waals surface area contributed by atoms with Crippen molar-refractivity contribution in [3.63, 3.8) is 0 Å². The quantitative estimate of drug-likeness (QED) is 0.246. The Labute approximate surface area is 317 Å². The fourth-order valence-corrected chi connectivity index (χ4v) is 14.9. The molecule has 6 aliphatic rings. The first-order valence-electron chi connectivity index (χ1n) is 20.5. The Hall–Kier alpha value is -2.60. The molecule has 2 heterocycles. The Balaban J connectivity index is 1.10. The summed E-state index contributed by atoms with van der Waals surface area (Å²) in [5.74, 6) is 3.53. The summed E-state index contributed by atoms with van der Waals surface area (Å²) in [4.78, 5) is 38.3. The molecule has 0 bridgehead atoms. The summed E-state index contributed by atoms with van der Waals surface area (Å²) >= 11 is 6.17. The van der Waals surface area contributed by atoms with Crippen molar-refractivity contribution in [3.05, 3.63) is 53.5 Å². The molecule has 5 aliphatic carbocycles. The summed E-state index contributed by atoms with van der Waals surface area (Å²) in [6, 6.07) is 7.84. The number of benzene rings is 1. The van der Waals surface area contributed by atoms with Gasteiger partial charge in [0.05, 0.1) is 23.3 Å². The smallest absolute Gasteiger partial charge is 0.302 e. The third-order valence-electron chi connectivity index (χ3n) is 17.3. The third-order valence-corrected chi connectivity index (χ3v) is 17.6. The molecular weight excluding hydrogens is 666 g/mol. The highest BCUT2D eigenvalue weighted by molar-refractivity contribution is 6.30. The number of allylic oxidation sites excluding steroid dienone is 1. The van der Waals surface area contributed by atoms with Gasteiger partial charge in [0.15, 0.2) is 0 Å². The number of ether oxygens (including phenoxy) is 1. The lowest BCUT2D eigenvalue weighted by Gasteiger charge is -2.73. The number of amides is 1. The normalized spacial score (nSPS) is 42.1. The molecule has 6 nitrogen and oxygen atoms in total. The van der Waals surface area contributed by atoms with Gasteiger partial charge in [-0.15, -0.1) is 0 Å². The zero-order valence-electron chi connectivity index (χ0n) is 32.8. The van der Waals surface area contributed by atoms with E-state index in [0.29, 0.717) is 35.5 Å². The highest BCUT2D eigenvalue weighted by Crippen LogP contribution is 2.78. The summed E-state index contributed by atoms with van der Waals surface area (Å²) in [6.45, 7) is 21.9. The van der Waals surface area contributed by atoms with Gasteiger partial charge in [0.2, 0.25) is 5.91 Å². The van der Waals surface area contributed by atoms with E-state index in [-0.39, 0.29) is 45.2 Å². The van der Waals surface area contributed by atoms with Gasteiger partial charge in [-0.3, -0.25) is 9.59 Å². The Bertz CT molecular complexity index is 1750. The van der Waals surface area contributed by atoms with Gasteiger partial charge in [-0.25, -0.2) is 4.98 Å². The number of nitrogens with zero attached hydrogens (tertiary/aromatic N) is 2. The molecule has 1 aromatic heterocycles. The van der Waals surface area contributed by atoms with Gasteiger partial charge in [-0.1, -0.05) is 70.5 Å². The van der Waals surface area contributed by atoms with Crippen molar-refractivity contribution >= 4 is 23.5 Å². The van der Waals surface area contributed by atoms with Crippen LogP contribution in [0.5, 0.6) is 0 Å². The van der Waals surface area contributed by atoms with E-state index in [1.165, 1.54) is 31.3 Å². The number of nitrogens with one attached hydrogen (secondary N) is 1. The molecule has 7 heteroatoms. The number of carbonyl (C=O) groups excluding carboxylic acids is 2. The van der Waals surface area contributed by atoms with Crippen LogP contribution in [-0.2, 0) is 14.3 Å². The first kappa shape index (κ1) is 36.4. The number of fused-ring (bicyclic) bond motifs is 7. The summed E-state index contributed by atoms with van der Waals surface area (Å²) < 4.78 is 5.99. The predicted molar refractivity (Wildman–Crippen MR) is 207 cm³/mol. The zero-order valence-corrected chi connectivity index (χ0v) is 33.6. The molecule has 4 unspecified atom stereocenters. The Kier molecular flexibility index (Phi) is 8.72. The molecule has 6 fully saturated rings. The van der Waals surface area contributed by atoms with Crippen LogP contribution in [-0.4, -0.2) is 39.4 Å². The van der Waals surface area contributed by atoms with Crippen LogP contribution in [0.3, 0.4) is 0 Å². The molecule has 52 heavy (non-hydrogen) atoms. The number of imidazole rings is 1. The summed E-state index contributed by atoms with van der Waals surface area (Å²) in [7, 11) is 0. The monoisotopic (exact) mass is 727 g/mol. The van der Waals surface area contributed by atoms with Crippen LogP contribution in [0, 0.1) is 56.7 Å². The predicted octanol–water partition coefficient (Wildman–Crippen LogP) is 11.0. The lowest BCUT2D eigenvalue weighted by atomic mass is 9.32. The molecule has 1 aromatic carbocycles. The van der Waals surface area contributed by atoms with Crippen molar-refractivity contribution in [2.24, 2.45) is 56.7 Å². The molecule has 5 saturated carbocycles. The summed E-state index contributed by atoms with van der Waals surface area (Å²) in [5, 5.41) is 0.717. The number of hydrogen-bond acceptors (Lipinski definition) is 4. The molecule has 1 saturated heterocycles. The van der Waals surface area contributed by atoms with E-state index < -0.39 is 0 Å². The van der Waals surface area contributed by atoms with E-state index in [1.807, 2.05) is 30.5 Å². The fourth-order valence-electron chi connectivity index (χ4n) is 14.8. The average Bonchev–Trinajstić information content (AvgIpc) is 3.85. The number of aromatic nitrogens is 2. The van der Waals surface area contributed by atoms with Crippen molar-refractivity contribution in [1.29, 1.82) is 0 Å². The lowest BCUT2D eigenvalue weighted by Crippen LogP contribution is -2.67. The van der Waals surface area contributed by atoms with Gasteiger partial charge in [0, 0.05) is 23.9 Å². The minimum atomic E-state index is -0.337. The van der Waals surface area contributed by atoms with Crippen molar-refractivity contribution < 1.29 is 14.3 Å². The summed E-state index contributed by atoms with van der Waals surface area (Å²) in [6.07, 6.45) is 14.9. The number of hydrogen-bond donors (Lipinski definition) is 1. The van der Waals surface area contributed by atoms with Crippen molar-refractivity contribution in [3.8, 4) is 11.3 Å². The number of carbonyl (C=O) groups is 2. The van der Waals surface area contributed by atoms with Crippen LogP contribution in [0.15, 0.2) is 42.6 Å². The standard InChI is InChI=1S/C45H62ClN3O3/c1-27(2)31-17-22-45(40(51)49-25-9-10-34(49)39-47-26-33(48-39)29-11-13-30(46)14-12-29)24-23-43(7)32(38(31)45)15-16-36-42(6)20-19-37(52-28(3)50)41(4,5)35(42)18-21-44(36,43)8/h11-14,26,31-32,34-38H,1,9-10,15-25H2,2-8H3,(H,47,48)/t31-,32+,34?,35?,36?,37-,38?,42-,43+,44+,45-/m0/s1. The fraction of sp³-hybridized carbons (Fsp3) is 0.711. The van der Waals surface area contributed by atoms with E-state index >= 15 is 4.79 Å². The summed E-state index contributed by atoms with van der Waals surface area (Å²) in [5.41, 5.74) is 3.49. The van der Waals surface area contributed by atoms with Crippen molar-refractivity contribution in [2.75, 3.05) is 6.54 Å².